The van der Waals surface area contributed by atoms with Crippen molar-refractivity contribution in [1.82, 2.24) is 9.97 Å². The Morgan fingerprint density at radius 1 is 0.943 bits per heavy atom. The number of amidine groups is 2. The smallest absolute Gasteiger partial charge is 0.252 e. The number of nitrogens with two attached hydrogens (primary N) is 2. The van der Waals surface area contributed by atoms with Crippen LogP contribution in [-0.4, -0.2) is 42.2 Å². The standard InChI is InChI=1S/C13H16N4OS.C10H12N4OS/c14-11(6-9-3-4-9)19-13(15)17-12(18)7-10-2-1-5-16-8-10;1-7(11)16-10(12)14-9(15)5-8-3-2-4-13-6-8/h1-2,5,8-9,14H,3-4,6-7H2,(H2,15,17,18);2-4,6,11H,5H2,1H3,(H2,12,14,15). The van der Waals surface area contributed by atoms with Crippen LogP contribution in [0.5, 0.6) is 0 Å². The molecule has 10 nitrogen and oxygen atoms in total. The number of carbonyl (C=O) groups is 2. The Morgan fingerprint density at radius 2 is 1.43 bits per heavy atom. The lowest BCUT2D eigenvalue weighted by molar-refractivity contribution is -0.118. The van der Waals surface area contributed by atoms with Crippen LogP contribution in [0.25, 0.3) is 0 Å². The van der Waals surface area contributed by atoms with E-state index in [2.05, 4.69) is 20.0 Å². The zero-order valence-electron chi connectivity index (χ0n) is 19.3. The monoisotopic (exact) mass is 512 g/mol. The summed E-state index contributed by atoms with van der Waals surface area (Å²) in [5.41, 5.74) is 12.7. The molecule has 1 aliphatic carbocycles. The van der Waals surface area contributed by atoms with Gasteiger partial charge in [0, 0.05) is 24.8 Å². The molecule has 12 heteroatoms. The van der Waals surface area contributed by atoms with Crippen molar-refractivity contribution in [2.24, 2.45) is 27.4 Å². The van der Waals surface area contributed by atoms with Crippen LogP contribution in [0.1, 0.15) is 37.3 Å². The van der Waals surface area contributed by atoms with Gasteiger partial charge in [-0.3, -0.25) is 30.4 Å². The Labute approximate surface area is 212 Å². The molecule has 0 radical (unpaired) electrons. The van der Waals surface area contributed by atoms with Crippen LogP contribution in [0.2, 0.25) is 0 Å². The molecule has 1 fully saturated rings. The fraction of sp³-hybridized carbons (Fsp3) is 0.304. The lowest BCUT2D eigenvalue weighted by Gasteiger charge is -2.01. The molecule has 0 spiro atoms. The molecule has 0 aliphatic heterocycles. The van der Waals surface area contributed by atoms with Crippen molar-refractivity contribution in [3.05, 3.63) is 60.2 Å². The number of nitrogens with one attached hydrogen (secondary N) is 2. The molecule has 0 unspecified atom stereocenters. The maximum absolute atomic E-state index is 11.7. The van der Waals surface area contributed by atoms with Crippen LogP contribution >= 0.6 is 23.5 Å². The quantitative estimate of drug-likeness (QED) is 0.336. The molecule has 0 saturated heterocycles. The van der Waals surface area contributed by atoms with Crippen LogP contribution in [0, 0.1) is 16.7 Å². The largest absolute Gasteiger partial charge is 0.378 e. The Bertz CT molecular complexity index is 1090. The van der Waals surface area contributed by atoms with Gasteiger partial charge < -0.3 is 11.5 Å². The van der Waals surface area contributed by atoms with E-state index in [9.17, 15) is 9.59 Å². The van der Waals surface area contributed by atoms with E-state index in [0.29, 0.717) is 16.0 Å². The van der Waals surface area contributed by atoms with Gasteiger partial charge in [0.25, 0.3) is 11.8 Å². The highest BCUT2D eigenvalue weighted by molar-refractivity contribution is 8.26. The Morgan fingerprint density at radius 3 is 1.83 bits per heavy atom. The highest BCUT2D eigenvalue weighted by Gasteiger charge is 2.23. The van der Waals surface area contributed by atoms with E-state index in [1.54, 1.807) is 49.9 Å². The Kier molecular flexibility index (Phi) is 11.8. The maximum atomic E-state index is 11.7. The second-order valence-corrected chi connectivity index (χ2v) is 9.94. The highest BCUT2D eigenvalue weighted by Crippen LogP contribution is 2.34. The van der Waals surface area contributed by atoms with Crippen molar-refractivity contribution < 1.29 is 9.59 Å². The number of pyridine rings is 2. The number of aromatic nitrogens is 2. The normalized spacial score (nSPS) is 13.4. The van der Waals surface area contributed by atoms with E-state index in [0.717, 1.165) is 41.1 Å². The number of thioether (sulfide) groups is 2. The lowest BCUT2D eigenvalue weighted by Crippen LogP contribution is -2.14. The van der Waals surface area contributed by atoms with Gasteiger partial charge in [0.1, 0.15) is 0 Å². The summed E-state index contributed by atoms with van der Waals surface area (Å²) in [6.45, 7) is 1.58. The summed E-state index contributed by atoms with van der Waals surface area (Å²) in [5, 5.41) is 15.9. The van der Waals surface area contributed by atoms with Gasteiger partial charge in [0.05, 0.1) is 22.9 Å². The number of hydrogen-bond acceptors (Lipinski definition) is 8. The predicted octanol–water partition coefficient (Wildman–Crippen LogP) is 3.17. The van der Waals surface area contributed by atoms with Crippen molar-refractivity contribution >= 4 is 55.8 Å². The predicted molar refractivity (Wildman–Crippen MR) is 143 cm³/mol. The topological polar surface area (TPSA) is 184 Å². The summed E-state index contributed by atoms with van der Waals surface area (Å²) in [7, 11) is 0. The molecule has 2 aromatic rings. The summed E-state index contributed by atoms with van der Waals surface area (Å²) >= 11 is 2.05. The molecule has 184 valence electrons. The van der Waals surface area contributed by atoms with Crippen LogP contribution in [-0.2, 0) is 22.4 Å². The average molecular weight is 513 g/mol. The van der Waals surface area contributed by atoms with E-state index >= 15 is 0 Å². The summed E-state index contributed by atoms with van der Waals surface area (Å²) < 4.78 is 0. The first-order chi connectivity index (χ1) is 16.7. The molecule has 2 aromatic heterocycles. The maximum Gasteiger partial charge on any atom is 0.252 e. The summed E-state index contributed by atoms with van der Waals surface area (Å²) in [6.07, 6.45) is 10.0. The van der Waals surface area contributed by atoms with Gasteiger partial charge >= 0.3 is 0 Å². The minimum Gasteiger partial charge on any atom is -0.378 e. The molecule has 35 heavy (non-hydrogen) atoms. The summed E-state index contributed by atoms with van der Waals surface area (Å²) in [5.74, 6) is -0.00429. The SMILES string of the molecule is CC(=N)SC(N)=NC(=O)Cc1cccnc1.N=C(CC1CC1)SC(N)=NC(=O)Cc1cccnc1. The molecule has 1 aliphatic rings. The number of aliphatic imine (C=N–C) groups is 2. The van der Waals surface area contributed by atoms with Crippen molar-refractivity contribution in [2.75, 3.05) is 0 Å². The Balaban J connectivity index is 0.000000251. The first-order valence-corrected chi connectivity index (χ1v) is 12.3. The van der Waals surface area contributed by atoms with Crippen LogP contribution < -0.4 is 11.5 Å². The first kappa shape index (κ1) is 27.9. The van der Waals surface area contributed by atoms with Gasteiger partial charge in [-0.05, 0) is 78.9 Å². The van der Waals surface area contributed by atoms with Crippen LogP contribution in [0.4, 0.5) is 0 Å². The van der Waals surface area contributed by atoms with E-state index in [1.807, 2.05) is 6.07 Å². The molecular weight excluding hydrogens is 484 g/mol. The first-order valence-electron chi connectivity index (χ1n) is 10.7. The highest BCUT2D eigenvalue weighted by atomic mass is 32.2. The second kappa shape index (κ2) is 14.8. The molecule has 2 amide bonds. The summed E-state index contributed by atoms with van der Waals surface area (Å²) in [4.78, 5) is 38.4. The minimum absolute atomic E-state index is 0.0985. The van der Waals surface area contributed by atoms with Crippen molar-refractivity contribution in [1.29, 1.82) is 10.8 Å². The molecule has 3 rings (SSSR count). The average Bonchev–Trinajstić information content (AvgIpc) is 3.58. The third kappa shape index (κ3) is 13.2. The van der Waals surface area contributed by atoms with Crippen LogP contribution in [0.3, 0.4) is 0 Å². The number of hydrogen-bond donors (Lipinski definition) is 4. The molecule has 0 bridgehead atoms. The number of nitrogens with zero attached hydrogens (tertiary/aromatic N) is 4. The van der Waals surface area contributed by atoms with Gasteiger partial charge in [0.15, 0.2) is 10.3 Å². The van der Waals surface area contributed by atoms with E-state index in [4.69, 9.17) is 22.3 Å². The van der Waals surface area contributed by atoms with Crippen molar-refractivity contribution in [3.63, 3.8) is 0 Å². The van der Waals surface area contributed by atoms with Gasteiger partial charge in [-0.25, -0.2) is 0 Å². The minimum atomic E-state index is -0.334. The molecule has 1 saturated carbocycles. The Hall–Kier alpha value is -3.38. The van der Waals surface area contributed by atoms with Gasteiger partial charge in [-0.1, -0.05) is 12.1 Å². The van der Waals surface area contributed by atoms with Crippen molar-refractivity contribution in [2.45, 2.75) is 39.0 Å². The third-order valence-electron chi connectivity index (χ3n) is 4.28. The molecular formula is C23H28N8O2S2. The molecule has 2 heterocycles. The van der Waals surface area contributed by atoms with E-state index < -0.39 is 0 Å². The number of amides is 2. The zero-order valence-corrected chi connectivity index (χ0v) is 20.9. The fourth-order valence-electron chi connectivity index (χ4n) is 2.63. The second-order valence-electron chi connectivity index (χ2n) is 7.59. The molecule has 6 N–H and O–H groups in total. The van der Waals surface area contributed by atoms with Gasteiger partial charge in [0.2, 0.25) is 0 Å². The molecule has 0 aromatic carbocycles. The number of rotatable bonds is 6. The van der Waals surface area contributed by atoms with Crippen LogP contribution in [0.15, 0.2) is 59.0 Å². The zero-order chi connectivity index (χ0) is 25.6. The van der Waals surface area contributed by atoms with Crippen molar-refractivity contribution in [3.8, 4) is 0 Å². The van der Waals surface area contributed by atoms with E-state index in [-0.39, 0.29) is 35.0 Å². The lowest BCUT2D eigenvalue weighted by atomic mass is 10.2. The number of carbonyl (C=O) groups excluding carboxylic acids is 2. The van der Waals surface area contributed by atoms with E-state index in [1.165, 1.54) is 12.8 Å². The molecule has 0 atom stereocenters. The van der Waals surface area contributed by atoms with Gasteiger partial charge in [-0.15, -0.1) is 0 Å². The third-order valence-corrected chi connectivity index (χ3v) is 5.60. The fourth-order valence-corrected chi connectivity index (χ4v) is 3.81. The van der Waals surface area contributed by atoms with Gasteiger partial charge in [-0.2, -0.15) is 9.98 Å². The summed E-state index contributed by atoms with van der Waals surface area (Å²) in [6, 6.07) is 7.15.